The SMILES string of the molecule is O=C1N[C@@H]2COC[C@H]1CN(Cc1cccc(OCCCCN3CCOCC3)c1)C2. The lowest BCUT2D eigenvalue weighted by atomic mass is 10.1. The first kappa shape index (κ1) is 20.6. The van der Waals surface area contributed by atoms with Crippen LogP contribution in [0.1, 0.15) is 18.4 Å². The van der Waals surface area contributed by atoms with Crippen molar-refractivity contribution in [3.63, 3.8) is 0 Å². The normalized spacial score (nSPS) is 26.0. The molecule has 7 heteroatoms. The lowest BCUT2D eigenvalue weighted by Gasteiger charge is -2.27. The third-order valence-corrected chi connectivity index (χ3v) is 5.86. The Labute approximate surface area is 173 Å². The summed E-state index contributed by atoms with van der Waals surface area (Å²) in [6.45, 7) is 9.22. The van der Waals surface area contributed by atoms with Gasteiger partial charge in [-0.15, -0.1) is 0 Å². The largest absolute Gasteiger partial charge is 0.494 e. The summed E-state index contributed by atoms with van der Waals surface area (Å²) in [7, 11) is 0. The fourth-order valence-electron chi connectivity index (χ4n) is 4.29. The summed E-state index contributed by atoms with van der Waals surface area (Å²) < 4.78 is 17.0. The second-order valence-electron chi connectivity index (χ2n) is 8.29. The molecule has 0 aromatic heterocycles. The summed E-state index contributed by atoms with van der Waals surface area (Å²) in [6, 6.07) is 8.44. The van der Waals surface area contributed by atoms with Crippen molar-refractivity contribution in [2.24, 2.45) is 5.92 Å². The van der Waals surface area contributed by atoms with Crippen LogP contribution in [0.25, 0.3) is 0 Å². The van der Waals surface area contributed by atoms with Crippen LogP contribution >= 0.6 is 0 Å². The van der Waals surface area contributed by atoms with Crippen molar-refractivity contribution < 1.29 is 19.0 Å². The highest BCUT2D eigenvalue weighted by Crippen LogP contribution is 2.19. The lowest BCUT2D eigenvalue weighted by molar-refractivity contribution is -0.125. The highest BCUT2D eigenvalue weighted by atomic mass is 16.5. The number of unbranched alkanes of at least 4 members (excludes halogenated alkanes) is 1. The number of amides is 1. The van der Waals surface area contributed by atoms with Gasteiger partial charge in [-0.2, -0.15) is 0 Å². The van der Waals surface area contributed by atoms with E-state index in [1.165, 1.54) is 5.56 Å². The van der Waals surface area contributed by atoms with Gasteiger partial charge in [0.1, 0.15) is 5.75 Å². The van der Waals surface area contributed by atoms with Crippen LogP contribution in [-0.4, -0.2) is 87.5 Å². The van der Waals surface area contributed by atoms with E-state index in [1.54, 1.807) is 0 Å². The average molecular weight is 404 g/mol. The summed E-state index contributed by atoms with van der Waals surface area (Å²) in [5, 5.41) is 3.09. The molecule has 0 spiro atoms. The summed E-state index contributed by atoms with van der Waals surface area (Å²) in [4.78, 5) is 17.0. The average Bonchev–Trinajstić information content (AvgIpc) is 2.97. The Morgan fingerprint density at radius 3 is 2.86 bits per heavy atom. The van der Waals surface area contributed by atoms with Crippen molar-refractivity contribution in [1.82, 2.24) is 15.1 Å². The van der Waals surface area contributed by atoms with Gasteiger partial charge in [0.25, 0.3) is 0 Å². The molecule has 0 radical (unpaired) electrons. The molecule has 7 nitrogen and oxygen atoms in total. The zero-order valence-electron chi connectivity index (χ0n) is 17.2. The molecule has 0 saturated carbocycles. The van der Waals surface area contributed by atoms with Crippen LogP contribution in [0.2, 0.25) is 0 Å². The molecule has 160 valence electrons. The molecule has 3 aliphatic rings. The third kappa shape index (κ3) is 6.15. The molecule has 3 saturated heterocycles. The molecule has 0 unspecified atom stereocenters. The lowest BCUT2D eigenvalue weighted by Crippen LogP contribution is -2.41. The van der Waals surface area contributed by atoms with E-state index in [4.69, 9.17) is 14.2 Å². The van der Waals surface area contributed by atoms with Crippen molar-refractivity contribution in [3.8, 4) is 5.75 Å². The molecule has 29 heavy (non-hydrogen) atoms. The number of carbonyl (C=O) groups is 1. The van der Waals surface area contributed by atoms with Gasteiger partial charge in [0.2, 0.25) is 5.91 Å². The van der Waals surface area contributed by atoms with Crippen LogP contribution in [-0.2, 0) is 20.8 Å². The van der Waals surface area contributed by atoms with Gasteiger partial charge in [-0.1, -0.05) is 12.1 Å². The monoisotopic (exact) mass is 403 g/mol. The van der Waals surface area contributed by atoms with Crippen LogP contribution in [0.15, 0.2) is 24.3 Å². The van der Waals surface area contributed by atoms with Gasteiger partial charge < -0.3 is 19.5 Å². The van der Waals surface area contributed by atoms with Gasteiger partial charge in [0, 0.05) is 32.7 Å². The molecule has 3 heterocycles. The Bertz CT molecular complexity index is 665. The zero-order chi connectivity index (χ0) is 19.9. The molecule has 2 atom stereocenters. The van der Waals surface area contributed by atoms with Crippen molar-refractivity contribution >= 4 is 5.91 Å². The standard InChI is InChI=1S/C22H33N3O4/c26-22-19-14-25(15-20(23-22)17-28-16-19)13-18-4-3-5-21(12-18)29-9-2-1-6-24-7-10-27-11-8-24/h3-5,12,19-20H,1-2,6-11,13-17H2,(H,23,26)/t19-,20+/m1/s1. The topological polar surface area (TPSA) is 63.3 Å². The minimum Gasteiger partial charge on any atom is -0.494 e. The van der Waals surface area contributed by atoms with Crippen LogP contribution < -0.4 is 10.1 Å². The molecule has 1 amide bonds. The molecule has 0 aliphatic carbocycles. The summed E-state index contributed by atoms with van der Waals surface area (Å²) >= 11 is 0. The van der Waals surface area contributed by atoms with Crippen molar-refractivity contribution in [1.29, 1.82) is 0 Å². The number of ether oxygens (including phenoxy) is 3. The molecular formula is C22H33N3O4. The number of hydrogen-bond acceptors (Lipinski definition) is 6. The molecule has 3 fully saturated rings. The van der Waals surface area contributed by atoms with Crippen molar-refractivity contribution in [2.75, 3.05) is 65.8 Å². The zero-order valence-corrected chi connectivity index (χ0v) is 17.2. The van der Waals surface area contributed by atoms with Gasteiger partial charge in [-0.25, -0.2) is 0 Å². The highest BCUT2D eigenvalue weighted by molar-refractivity contribution is 5.79. The van der Waals surface area contributed by atoms with Gasteiger partial charge in [0.05, 0.1) is 45.0 Å². The van der Waals surface area contributed by atoms with E-state index in [0.717, 1.165) is 77.7 Å². The second kappa shape index (κ2) is 10.4. The van der Waals surface area contributed by atoms with Gasteiger partial charge in [-0.05, 0) is 37.1 Å². The van der Waals surface area contributed by atoms with E-state index in [2.05, 4.69) is 33.3 Å². The molecule has 4 rings (SSSR count). The maximum absolute atomic E-state index is 12.2. The molecule has 1 N–H and O–H groups in total. The Balaban J connectivity index is 1.22. The number of benzene rings is 1. The quantitative estimate of drug-likeness (QED) is 0.657. The Kier molecular flexibility index (Phi) is 7.38. The molecular weight excluding hydrogens is 370 g/mol. The van der Waals surface area contributed by atoms with Crippen molar-refractivity contribution in [2.45, 2.75) is 25.4 Å². The molecule has 1 aromatic carbocycles. The summed E-state index contributed by atoms with van der Waals surface area (Å²) in [6.07, 6.45) is 2.21. The number of nitrogens with zero attached hydrogens (tertiary/aromatic N) is 2. The van der Waals surface area contributed by atoms with Crippen LogP contribution in [0.4, 0.5) is 0 Å². The molecule has 2 bridgehead atoms. The molecule has 1 aromatic rings. The Morgan fingerprint density at radius 2 is 1.97 bits per heavy atom. The third-order valence-electron chi connectivity index (χ3n) is 5.86. The minimum absolute atomic E-state index is 0.0756. The van der Waals surface area contributed by atoms with E-state index in [-0.39, 0.29) is 17.9 Å². The van der Waals surface area contributed by atoms with Gasteiger partial charge >= 0.3 is 0 Å². The second-order valence-corrected chi connectivity index (χ2v) is 8.29. The summed E-state index contributed by atoms with van der Waals surface area (Å²) in [5.74, 6) is 0.985. The Morgan fingerprint density at radius 1 is 1.07 bits per heavy atom. The number of rotatable bonds is 8. The van der Waals surface area contributed by atoms with Gasteiger partial charge in [-0.3, -0.25) is 14.6 Å². The van der Waals surface area contributed by atoms with Crippen LogP contribution in [0.5, 0.6) is 5.75 Å². The number of morpholine rings is 1. The van der Waals surface area contributed by atoms with Crippen LogP contribution in [0.3, 0.4) is 0 Å². The number of carbonyl (C=O) groups excluding carboxylic acids is 1. The maximum Gasteiger partial charge on any atom is 0.227 e. The number of fused-ring (bicyclic) bond motifs is 3. The van der Waals surface area contributed by atoms with Gasteiger partial charge in [0.15, 0.2) is 0 Å². The fourth-order valence-corrected chi connectivity index (χ4v) is 4.29. The predicted molar refractivity (Wildman–Crippen MR) is 110 cm³/mol. The predicted octanol–water partition coefficient (Wildman–Crippen LogP) is 1.12. The maximum atomic E-state index is 12.2. The summed E-state index contributed by atoms with van der Waals surface area (Å²) in [5.41, 5.74) is 1.23. The van der Waals surface area contributed by atoms with E-state index in [9.17, 15) is 4.79 Å². The fraction of sp³-hybridized carbons (Fsp3) is 0.682. The number of hydrogen-bond donors (Lipinski definition) is 1. The smallest absolute Gasteiger partial charge is 0.227 e. The first-order valence-corrected chi connectivity index (χ1v) is 10.9. The van der Waals surface area contributed by atoms with E-state index >= 15 is 0 Å². The number of nitrogens with one attached hydrogen (secondary N) is 1. The molecule has 3 aliphatic heterocycles. The van der Waals surface area contributed by atoms with Crippen LogP contribution in [0, 0.1) is 5.92 Å². The highest BCUT2D eigenvalue weighted by Gasteiger charge is 2.33. The van der Waals surface area contributed by atoms with Crippen molar-refractivity contribution in [3.05, 3.63) is 29.8 Å². The Hall–Kier alpha value is -1.67. The van der Waals surface area contributed by atoms with E-state index in [1.807, 2.05) is 6.07 Å². The minimum atomic E-state index is -0.0756. The van der Waals surface area contributed by atoms with E-state index in [0.29, 0.717) is 13.2 Å². The first-order chi connectivity index (χ1) is 14.3. The van der Waals surface area contributed by atoms with E-state index < -0.39 is 0 Å². The first-order valence-electron chi connectivity index (χ1n) is 10.9.